The highest BCUT2D eigenvalue weighted by Crippen LogP contribution is 2.36. The normalized spacial score (nSPS) is 10.9. The maximum Gasteiger partial charge on any atom is 0.339 e. The number of carboxylic acids is 1. The lowest BCUT2D eigenvalue weighted by Gasteiger charge is -2.05. The number of aryl methyl sites for hydroxylation is 3. The minimum Gasteiger partial charge on any atom is -0.478 e. The van der Waals surface area contributed by atoms with Crippen molar-refractivity contribution in [3.8, 4) is 11.3 Å². The molecule has 0 aromatic carbocycles. The van der Waals surface area contributed by atoms with E-state index in [1.807, 2.05) is 6.92 Å². The van der Waals surface area contributed by atoms with Gasteiger partial charge in [-0.05, 0) is 13.0 Å². The van der Waals surface area contributed by atoms with Crippen molar-refractivity contribution >= 4 is 39.8 Å². The van der Waals surface area contributed by atoms with Gasteiger partial charge in [-0.25, -0.2) is 4.79 Å². The molecule has 1 amide bonds. The monoisotopic (exact) mass is 379 g/mol. The Bertz CT molecular complexity index is 988. The first-order chi connectivity index (χ1) is 11.8. The Kier molecular flexibility index (Phi) is 4.36. The van der Waals surface area contributed by atoms with Crippen LogP contribution in [0.3, 0.4) is 0 Å². The van der Waals surface area contributed by atoms with Crippen LogP contribution in [0, 0.1) is 6.92 Å². The first-order valence-corrected chi connectivity index (χ1v) is 8.40. The van der Waals surface area contributed by atoms with Crippen LogP contribution in [0.4, 0.5) is 5.00 Å². The van der Waals surface area contributed by atoms with Gasteiger partial charge in [-0.15, -0.1) is 11.3 Å². The molecule has 3 heterocycles. The average Bonchev–Trinajstić information content (AvgIpc) is 3.18. The fourth-order valence-corrected chi connectivity index (χ4v) is 3.58. The van der Waals surface area contributed by atoms with E-state index in [9.17, 15) is 14.7 Å². The number of carbonyl (C=O) groups excluding carboxylic acids is 1. The highest BCUT2D eigenvalue weighted by Gasteiger charge is 2.24. The largest absolute Gasteiger partial charge is 0.478 e. The summed E-state index contributed by atoms with van der Waals surface area (Å²) >= 11 is 7.14. The molecule has 3 aromatic rings. The van der Waals surface area contributed by atoms with E-state index < -0.39 is 11.9 Å². The lowest BCUT2D eigenvalue weighted by Crippen LogP contribution is -2.13. The molecule has 130 valence electrons. The second-order valence-electron chi connectivity index (χ2n) is 5.38. The fraction of sp³-hybridized carbons (Fsp3) is 0.200. The Hall–Kier alpha value is -2.65. The molecule has 3 rings (SSSR count). The third-order valence-electron chi connectivity index (χ3n) is 3.62. The Morgan fingerprint density at radius 2 is 2.04 bits per heavy atom. The summed E-state index contributed by atoms with van der Waals surface area (Å²) in [5.74, 6) is -1.65. The first-order valence-electron chi connectivity index (χ1n) is 7.14. The Morgan fingerprint density at radius 1 is 1.32 bits per heavy atom. The number of halogens is 1. The van der Waals surface area contributed by atoms with Crippen molar-refractivity contribution in [3.05, 3.63) is 39.6 Å². The molecule has 2 N–H and O–H groups in total. The summed E-state index contributed by atoms with van der Waals surface area (Å²) in [4.78, 5) is 24.2. The molecule has 0 radical (unpaired) electrons. The second-order valence-corrected chi connectivity index (χ2v) is 6.62. The van der Waals surface area contributed by atoms with E-state index in [0.717, 1.165) is 17.0 Å². The third-order valence-corrected chi connectivity index (χ3v) is 4.96. The van der Waals surface area contributed by atoms with E-state index in [-0.39, 0.29) is 21.3 Å². The van der Waals surface area contributed by atoms with Crippen LogP contribution in [0.1, 0.15) is 26.4 Å². The molecular weight excluding hydrogens is 366 g/mol. The molecule has 10 heteroatoms. The van der Waals surface area contributed by atoms with Crippen molar-refractivity contribution < 1.29 is 14.7 Å². The zero-order valence-corrected chi connectivity index (χ0v) is 15.1. The van der Waals surface area contributed by atoms with Gasteiger partial charge in [-0.3, -0.25) is 14.2 Å². The van der Waals surface area contributed by atoms with Crippen molar-refractivity contribution in [2.75, 3.05) is 5.32 Å². The minimum absolute atomic E-state index is 0.0152. The van der Waals surface area contributed by atoms with Gasteiger partial charge in [-0.1, -0.05) is 11.6 Å². The van der Waals surface area contributed by atoms with Gasteiger partial charge < -0.3 is 10.4 Å². The quantitative estimate of drug-likeness (QED) is 0.725. The van der Waals surface area contributed by atoms with Crippen LogP contribution < -0.4 is 5.32 Å². The summed E-state index contributed by atoms with van der Waals surface area (Å²) < 4.78 is 2.96. The minimum atomic E-state index is -1.14. The van der Waals surface area contributed by atoms with Crippen LogP contribution in [-0.2, 0) is 14.1 Å². The summed E-state index contributed by atoms with van der Waals surface area (Å²) in [6, 6.07) is 1.79. The lowest BCUT2D eigenvalue weighted by molar-refractivity contribution is 0.0699. The molecule has 0 fully saturated rings. The lowest BCUT2D eigenvalue weighted by atomic mass is 10.1. The van der Waals surface area contributed by atoms with E-state index in [4.69, 9.17) is 11.6 Å². The SMILES string of the molecule is Cc1cc(-c2csc(NC(=O)c3cnn(C)c3Cl)c2C(=O)O)n(C)n1. The van der Waals surface area contributed by atoms with Crippen molar-refractivity contribution in [2.45, 2.75) is 6.92 Å². The number of aromatic carboxylic acids is 1. The van der Waals surface area contributed by atoms with Crippen molar-refractivity contribution in [1.29, 1.82) is 0 Å². The number of thiophene rings is 1. The van der Waals surface area contributed by atoms with E-state index in [1.54, 1.807) is 30.2 Å². The molecule has 0 aliphatic carbocycles. The van der Waals surface area contributed by atoms with Gasteiger partial charge >= 0.3 is 5.97 Å². The van der Waals surface area contributed by atoms with Gasteiger partial charge in [-0.2, -0.15) is 10.2 Å². The summed E-state index contributed by atoms with van der Waals surface area (Å²) in [6.07, 6.45) is 1.33. The molecule has 3 aromatic heterocycles. The zero-order chi connectivity index (χ0) is 18.3. The maximum absolute atomic E-state index is 12.4. The number of anilines is 1. The number of hydrogen-bond acceptors (Lipinski definition) is 5. The van der Waals surface area contributed by atoms with Crippen LogP contribution in [0.2, 0.25) is 5.15 Å². The van der Waals surface area contributed by atoms with Crippen LogP contribution in [0.5, 0.6) is 0 Å². The molecule has 0 bridgehead atoms. The first kappa shape index (κ1) is 17.2. The Labute approximate surface area is 151 Å². The summed E-state index contributed by atoms with van der Waals surface area (Å²) in [5, 5.41) is 22.4. The van der Waals surface area contributed by atoms with Crippen molar-refractivity contribution in [1.82, 2.24) is 19.6 Å². The van der Waals surface area contributed by atoms with Gasteiger partial charge in [0.25, 0.3) is 5.91 Å². The van der Waals surface area contributed by atoms with Crippen LogP contribution in [0.15, 0.2) is 17.6 Å². The highest BCUT2D eigenvalue weighted by molar-refractivity contribution is 7.15. The molecule has 8 nitrogen and oxygen atoms in total. The summed E-state index contributed by atoms with van der Waals surface area (Å²) in [5.41, 5.74) is 2.11. The molecule has 0 aliphatic rings. The van der Waals surface area contributed by atoms with Gasteiger partial charge in [0.1, 0.15) is 15.7 Å². The predicted molar refractivity (Wildman–Crippen MR) is 94.4 cm³/mol. The molecule has 0 unspecified atom stereocenters. The average molecular weight is 380 g/mol. The zero-order valence-electron chi connectivity index (χ0n) is 13.6. The van der Waals surface area contributed by atoms with Crippen LogP contribution in [-0.4, -0.2) is 36.5 Å². The number of aromatic nitrogens is 4. The van der Waals surface area contributed by atoms with Gasteiger partial charge in [0.15, 0.2) is 0 Å². The maximum atomic E-state index is 12.4. The Morgan fingerprint density at radius 3 is 2.56 bits per heavy atom. The molecular formula is C15H14ClN5O3S. The second kappa shape index (κ2) is 6.34. The number of carbonyl (C=O) groups is 2. The number of rotatable bonds is 4. The van der Waals surface area contributed by atoms with Gasteiger partial charge in [0.05, 0.1) is 23.1 Å². The molecule has 0 aliphatic heterocycles. The van der Waals surface area contributed by atoms with Crippen molar-refractivity contribution in [3.63, 3.8) is 0 Å². The molecule has 0 saturated carbocycles. The molecule has 25 heavy (non-hydrogen) atoms. The number of nitrogens with zero attached hydrogens (tertiary/aromatic N) is 4. The molecule has 0 spiro atoms. The summed E-state index contributed by atoms with van der Waals surface area (Å²) in [7, 11) is 3.34. The third kappa shape index (κ3) is 3.03. The van der Waals surface area contributed by atoms with Gasteiger partial charge in [0, 0.05) is 25.0 Å². The smallest absolute Gasteiger partial charge is 0.339 e. The topological polar surface area (TPSA) is 102 Å². The van der Waals surface area contributed by atoms with E-state index in [0.29, 0.717) is 11.3 Å². The standard InChI is InChI=1S/C15H14ClN5O3S/c1-7-4-10(20(2)19-7)9-6-25-14(11(9)15(23)24)18-13(22)8-5-17-21(3)12(8)16/h4-6H,1-3H3,(H,18,22)(H,23,24). The van der Waals surface area contributed by atoms with Crippen molar-refractivity contribution in [2.24, 2.45) is 14.1 Å². The fourth-order valence-electron chi connectivity index (χ4n) is 2.46. The number of nitrogens with one attached hydrogen (secondary N) is 1. The number of carboxylic acid groups (broad SMARTS) is 1. The van der Waals surface area contributed by atoms with E-state index >= 15 is 0 Å². The summed E-state index contributed by atoms with van der Waals surface area (Å²) in [6.45, 7) is 1.82. The predicted octanol–water partition coefficient (Wildman–Crippen LogP) is 2.79. The number of hydrogen-bond donors (Lipinski definition) is 2. The van der Waals surface area contributed by atoms with E-state index in [1.165, 1.54) is 10.9 Å². The van der Waals surface area contributed by atoms with E-state index in [2.05, 4.69) is 15.5 Å². The van der Waals surface area contributed by atoms with Crippen LogP contribution in [0.25, 0.3) is 11.3 Å². The van der Waals surface area contributed by atoms with Gasteiger partial charge in [0.2, 0.25) is 0 Å². The Balaban J connectivity index is 2.00. The molecule has 0 saturated heterocycles. The highest BCUT2D eigenvalue weighted by atomic mass is 35.5. The van der Waals surface area contributed by atoms with Crippen LogP contribution >= 0.6 is 22.9 Å². The number of amides is 1. The molecule has 0 atom stereocenters.